The second-order valence-electron chi connectivity index (χ2n) is 8.06. The van der Waals surface area contributed by atoms with Gasteiger partial charge in [-0.3, -0.25) is 9.59 Å². The van der Waals surface area contributed by atoms with Crippen molar-refractivity contribution in [1.29, 1.82) is 0 Å². The van der Waals surface area contributed by atoms with E-state index in [2.05, 4.69) is 12.2 Å². The molecular formula is C22H24FN3O4. The number of nitrogens with one attached hydrogen (secondary N) is 1. The van der Waals surface area contributed by atoms with Crippen molar-refractivity contribution in [3.63, 3.8) is 0 Å². The Kier molecular flexibility index (Phi) is 5.32. The summed E-state index contributed by atoms with van der Waals surface area (Å²) in [5.74, 6) is 1.79. The number of urea groups is 1. The second kappa shape index (κ2) is 7.93. The van der Waals surface area contributed by atoms with Crippen LogP contribution in [0.2, 0.25) is 0 Å². The van der Waals surface area contributed by atoms with Crippen molar-refractivity contribution in [1.82, 2.24) is 10.2 Å². The van der Waals surface area contributed by atoms with Gasteiger partial charge in [0.1, 0.15) is 23.4 Å². The van der Waals surface area contributed by atoms with E-state index in [1.54, 1.807) is 11.9 Å². The first-order valence-electron chi connectivity index (χ1n) is 10.1. The lowest BCUT2D eigenvalue weighted by molar-refractivity contribution is -0.131. The lowest BCUT2D eigenvalue weighted by Crippen LogP contribution is -2.33. The average Bonchev–Trinajstić information content (AvgIpc) is 3.14. The largest absolute Gasteiger partial charge is 0.464 e. The molecule has 1 aromatic carbocycles. The summed E-state index contributed by atoms with van der Waals surface area (Å²) in [6.07, 6.45) is 1.43. The molecule has 3 atom stereocenters. The van der Waals surface area contributed by atoms with Gasteiger partial charge in [0, 0.05) is 19.4 Å². The maximum Gasteiger partial charge on any atom is 0.329 e. The molecule has 2 aromatic rings. The van der Waals surface area contributed by atoms with Gasteiger partial charge in [-0.1, -0.05) is 6.92 Å². The normalized spacial score (nSPS) is 22.9. The molecule has 0 spiro atoms. The van der Waals surface area contributed by atoms with Crippen molar-refractivity contribution >= 4 is 23.5 Å². The van der Waals surface area contributed by atoms with Gasteiger partial charge in [0.2, 0.25) is 5.91 Å². The van der Waals surface area contributed by atoms with Crippen LogP contribution in [0.1, 0.15) is 43.6 Å². The summed E-state index contributed by atoms with van der Waals surface area (Å²) in [4.78, 5) is 39.8. The standard InChI is InChI=1S/C22H24FN3O4/c1-13-11-17(13)19-9-7-16(30-19)12-25(2)20(27)10-8-18-21(28)26(22(29)24-18)15-5-3-14(23)4-6-15/h3-7,9,13,17-18H,8,10-12H2,1-2H3,(H,24,29). The van der Waals surface area contributed by atoms with E-state index in [1.807, 2.05) is 12.1 Å². The van der Waals surface area contributed by atoms with Gasteiger partial charge in [0.05, 0.1) is 12.2 Å². The van der Waals surface area contributed by atoms with Crippen LogP contribution in [0.4, 0.5) is 14.9 Å². The summed E-state index contributed by atoms with van der Waals surface area (Å²) in [5, 5.41) is 2.59. The highest BCUT2D eigenvalue weighted by atomic mass is 19.1. The number of anilines is 1. The highest BCUT2D eigenvalue weighted by molar-refractivity contribution is 6.21. The lowest BCUT2D eigenvalue weighted by atomic mass is 10.1. The summed E-state index contributed by atoms with van der Waals surface area (Å²) < 4.78 is 18.9. The second-order valence-corrected chi connectivity index (χ2v) is 8.06. The molecule has 2 heterocycles. The van der Waals surface area contributed by atoms with E-state index in [1.165, 1.54) is 24.3 Å². The third-order valence-electron chi connectivity index (χ3n) is 5.73. The number of hydrogen-bond acceptors (Lipinski definition) is 4. The summed E-state index contributed by atoms with van der Waals surface area (Å²) in [5.41, 5.74) is 0.295. The fraction of sp³-hybridized carbons (Fsp3) is 0.409. The first kappa shape index (κ1) is 20.1. The van der Waals surface area contributed by atoms with Crippen molar-refractivity contribution in [3.8, 4) is 0 Å². The number of hydrogen-bond donors (Lipinski definition) is 1. The van der Waals surface area contributed by atoms with E-state index in [4.69, 9.17) is 4.42 Å². The van der Waals surface area contributed by atoms with E-state index >= 15 is 0 Å². The maximum absolute atomic E-state index is 13.1. The van der Waals surface area contributed by atoms with Gasteiger partial charge in [-0.15, -0.1) is 0 Å². The van der Waals surface area contributed by atoms with Crippen LogP contribution < -0.4 is 10.2 Å². The first-order chi connectivity index (χ1) is 14.3. The number of imide groups is 1. The quantitative estimate of drug-likeness (QED) is 0.706. The molecule has 0 bridgehead atoms. The van der Waals surface area contributed by atoms with Crippen LogP contribution in [-0.4, -0.2) is 35.8 Å². The monoisotopic (exact) mass is 413 g/mol. The molecule has 0 radical (unpaired) electrons. The summed E-state index contributed by atoms with van der Waals surface area (Å²) in [7, 11) is 1.68. The van der Waals surface area contributed by atoms with Gasteiger partial charge in [0.25, 0.3) is 5.91 Å². The Morgan fingerprint density at radius 3 is 2.60 bits per heavy atom. The minimum atomic E-state index is -0.786. The Labute approximate surface area is 173 Å². The molecule has 1 saturated carbocycles. The Morgan fingerprint density at radius 1 is 1.23 bits per heavy atom. The molecule has 3 unspecified atom stereocenters. The van der Waals surface area contributed by atoms with Crippen LogP contribution in [0.25, 0.3) is 0 Å². The van der Waals surface area contributed by atoms with Crippen LogP contribution in [0.5, 0.6) is 0 Å². The van der Waals surface area contributed by atoms with Crippen molar-refractivity contribution < 1.29 is 23.2 Å². The molecule has 1 aliphatic heterocycles. The molecular weight excluding hydrogens is 389 g/mol. The van der Waals surface area contributed by atoms with Crippen LogP contribution in [0.3, 0.4) is 0 Å². The number of furan rings is 1. The Morgan fingerprint density at radius 2 is 1.93 bits per heavy atom. The zero-order valence-electron chi connectivity index (χ0n) is 16.9. The summed E-state index contributed by atoms with van der Waals surface area (Å²) >= 11 is 0. The fourth-order valence-electron chi connectivity index (χ4n) is 3.74. The molecule has 7 nitrogen and oxygen atoms in total. The van der Waals surface area contributed by atoms with E-state index in [-0.39, 0.29) is 18.7 Å². The number of carbonyl (C=O) groups excluding carboxylic acids is 3. The number of amides is 4. The summed E-state index contributed by atoms with van der Waals surface area (Å²) in [6.45, 7) is 2.54. The van der Waals surface area contributed by atoms with Gasteiger partial charge < -0.3 is 14.6 Å². The van der Waals surface area contributed by atoms with E-state index in [0.29, 0.717) is 24.1 Å². The molecule has 158 valence electrons. The lowest BCUT2D eigenvalue weighted by Gasteiger charge is -2.17. The smallest absolute Gasteiger partial charge is 0.329 e. The van der Waals surface area contributed by atoms with Gasteiger partial charge >= 0.3 is 6.03 Å². The maximum atomic E-state index is 13.1. The van der Waals surface area contributed by atoms with Crippen molar-refractivity contribution in [3.05, 3.63) is 53.7 Å². The van der Waals surface area contributed by atoms with Crippen molar-refractivity contribution in [2.24, 2.45) is 5.92 Å². The molecule has 30 heavy (non-hydrogen) atoms. The molecule has 1 aliphatic carbocycles. The number of benzene rings is 1. The Bertz CT molecular complexity index is 971. The summed E-state index contributed by atoms with van der Waals surface area (Å²) in [6, 6.07) is 7.62. The third-order valence-corrected chi connectivity index (χ3v) is 5.73. The minimum absolute atomic E-state index is 0.109. The number of nitrogens with zero attached hydrogens (tertiary/aromatic N) is 2. The van der Waals surface area contributed by atoms with Crippen molar-refractivity contribution in [2.75, 3.05) is 11.9 Å². The molecule has 2 fully saturated rings. The first-order valence-corrected chi connectivity index (χ1v) is 10.1. The molecule has 1 N–H and O–H groups in total. The number of carbonyl (C=O) groups is 3. The molecule has 1 saturated heterocycles. The molecule has 2 aliphatic rings. The topological polar surface area (TPSA) is 82.9 Å². The molecule has 4 amide bonds. The predicted octanol–water partition coefficient (Wildman–Crippen LogP) is 3.41. The fourth-order valence-corrected chi connectivity index (χ4v) is 3.74. The molecule has 4 rings (SSSR count). The molecule has 1 aromatic heterocycles. The van der Waals surface area contributed by atoms with Gasteiger partial charge in [-0.05, 0) is 55.2 Å². The Balaban J connectivity index is 1.30. The third kappa shape index (κ3) is 4.08. The SMILES string of the molecule is CC1CC1c1ccc(CN(C)C(=O)CCC2NC(=O)N(c3ccc(F)cc3)C2=O)o1. The Hall–Kier alpha value is -3.16. The van der Waals surface area contributed by atoms with E-state index in [9.17, 15) is 18.8 Å². The van der Waals surface area contributed by atoms with Crippen LogP contribution >= 0.6 is 0 Å². The highest BCUT2D eigenvalue weighted by Crippen LogP contribution is 2.47. The van der Waals surface area contributed by atoms with Gasteiger partial charge in [-0.25, -0.2) is 14.1 Å². The van der Waals surface area contributed by atoms with Crippen LogP contribution in [0.15, 0.2) is 40.8 Å². The highest BCUT2D eigenvalue weighted by Gasteiger charge is 2.39. The minimum Gasteiger partial charge on any atom is -0.464 e. The van der Waals surface area contributed by atoms with Gasteiger partial charge in [-0.2, -0.15) is 0 Å². The van der Waals surface area contributed by atoms with Gasteiger partial charge in [0.15, 0.2) is 0 Å². The zero-order valence-corrected chi connectivity index (χ0v) is 16.9. The average molecular weight is 413 g/mol. The zero-order chi connectivity index (χ0) is 21.4. The molecule has 8 heteroatoms. The van der Waals surface area contributed by atoms with Crippen LogP contribution in [0, 0.1) is 11.7 Å². The van der Waals surface area contributed by atoms with Crippen LogP contribution in [-0.2, 0) is 16.1 Å². The van der Waals surface area contributed by atoms with E-state index < -0.39 is 23.8 Å². The number of halogens is 1. The van der Waals surface area contributed by atoms with E-state index in [0.717, 1.165) is 22.8 Å². The predicted molar refractivity (Wildman–Crippen MR) is 107 cm³/mol. The number of rotatable bonds is 7. The van der Waals surface area contributed by atoms with Crippen molar-refractivity contribution in [2.45, 2.75) is 44.7 Å².